The van der Waals surface area contributed by atoms with Crippen LogP contribution in [0.2, 0.25) is 0 Å². The number of carbonyl (C=O) groups excluding carboxylic acids is 1. The Bertz CT molecular complexity index is 1320. The van der Waals surface area contributed by atoms with Gasteiger partial charge in [0.05, 0.1) is 4.90 Å². The molecule has 4 rings (SSSR count). The number of anilines is 2. The monoisotopic (exact) mass is 450 g/mol. The summed E-state index contributed by atoms with van der Waals surface area (Å²) in [4.78, 5) is 12.8. The van der Waals surface area contributed by atoms with Crippen LogP contribution in [-0.4, -0.2) is 24.5 Å². The molecule has 0 spiro atoms. The van der Waals surface area contributed by atoms with Crippen LogP contribution < -0.4 is 10.0 Å². The molecule has 0 saturated heterocycles. The van der Waals surface area contributed by atoms with Crippen molar-refractivity contribution in [2.24, 2.45) is 0 Å². The van der Waals surface area contributed by atoms with Crippen LogP contribution in [0.4, 0.5) is 10.8 Å². The van der Waals surface area contributed by atoms with Crippen LogP contribution >= 0.6 is 11.3 Å². The molecular weight excluding hydrogens is 432 g/mol. The maximum absolute atomic E-state index is 12.6. The highest BCUT2D eigenvalue weighted by Crippen LogP contribution is 2.27. The molecule has 7 nitrogen and oxygen atoms in total. The second-order valence-electron chi connectivity index (χ2n) is 6.73. The highest BCUT2D eigenvalue weighted by Gasteiger charge is 2.16. The van der Waals surface area contributed by atoms with Crippen molar-refractivity contribution in [2.45, 2.75) is 11.8 Å². The predicted molar refractivity (Wildman–Crippen MR) is 122 cm³/mol. The number of benzene rings is 3. The molecule has 0 saturated carbocycles. The molecule has 0 fully saturated rings. The van der Waals surface area contributed by atoms with Gasteiger partial charge < -0.3 is 0 Å². The number of amides is 1. The molecule has 2 N–H and O–H groups in total. The molecule has 1 aromatic heterocycles. The average Bonchev–Trinajstić information content (AvgIpc) is 3.23. The minimum atomic E-state index is -3.75. The third kappa shape index (κ3) is 4.96. The standard InChI is InChI=1S/C22H18N4O3S2/c1-15-10-12-16(13-11-15)21-24-25-22(30-21)23-20(27)17-6-5-7-18(14-17)26-31(28,29)19-8-3-2-4-9-19/h2-14,26H,1H3,(H,23,25,27). The second kappa shape index (κ2) is 8.66. The van der Waals surface area contributed by atoms with Gasteiger partial charge in [-0.1, -0.05) is 65.4 Å². The summed E-state index contributed by atoms with van der Waals surface area (Å²) in [5.41, 5.74) is 2.64. The van der Waals surface area contributed by atoms with Gasteiger partial charge in [-0.2, -0.15) is 0 Å². The molecule has 31 heavy (non-hydrogen) atoms. The van der Waals surface area contributed by atoms with Crippen LogP contribution in [0.1, 0.15) is 15.9 Å². The molecule has 3 aromatic carbocycles. The summed E-state index contributed by atoms with van der Waals surface area (Å²) in [5.74, 6) is -0.410. The first-order chi connectivity index (χ1) is 14.9. The van der Waals surface area contributed by atoms with E-state index in [4.69, 9.17) is 0 Å². The molecule has 0 unspecified atom stereocenters. The summed E-state index contributed by atoms with van der Waals surface area (Å²) in [6, 6.07) is 22.1. The summed E-state index contributed by atoms with van der Waals surface area (Å²) in [5, 5.41) is 11.9. The van der Waals surface area contributed by atoms with Crippen LogP contribution in [0.3, 0.4) is 0 Å². The maximum Gasteiger partial charge on any atom is 0.261 e. The van der Waals surface area contributed by atoms with E-state index < -0.39 is 15.9 Å². The van der Waals surface area contributed by atoms with E-state index in [-0.39, 0.29) is 10.6 Å². The molecule has 0 bridgehead atoms. The molecule has 1 heterocycles. The smallest absolute Gasteiger partial charge is 0.261 e. The number of carbonyl (C=O) groups is 1. The number of rotatable bonds is 6. The third-order valence-electron chi connectivity index (χ3n) is 4.37. The lowest BCUT2D eigenvalue weighted by molar-refractivity contribution is 0.102. The number of nitrogens with zero attached hydrogens (tertiary/aromatic N) is 2. The Balaban J connectivity index is 1.48. The van der Waals surface area contributed by atoms with Crippen LogP contribution in [0.15, 0.2) is 83.8 Å². The molecular formula is C22H18N4O3S2. The topological polar surface area (TPSA) is 101 Å². The highest BCUT2D eigenvalue weighted by atomic mass is 32.2. The second-order valence-corrected chi connectivity index (χ2v) is 9.39. The Morgan fingerprint density at radius 3 is 2.39 bits per heavy atom. The molecule has 0 aliphatic carbocycles. The molecule has 4 aromatic rings. The first-order valence-corrected chi connectivity index (χ1v) is 11.6. The van der Waals surface area contributed by atoms with Crippen molar-refractivity contribution < 1.29 is 13.2 Å². The molecule has 0 atom stereocenters. The van der Waals surface area contributed by atoms with E-state index in [2.05, 4.69) is 20.2 Å². The molecule has 0 radical (unpaired) electrons. The van der Waals surface area contributed by atoms with E-state index in [1.807, 2.05) is 31.2 Å². The molecule has 0 aliphatic rings. The Kier molecular flexibility index (Phi) is 5.79. The van der Waals surface area contributed by atoms with Crippen molar-refractivity contribution in [3.63, 3.8) is 0 Å². The average molecular weight is 451 g/mol. The van der Waals surface area contributed by atoms with Gasteiger partial charge in [-0.3, -0.25) is 14.8 Å². The third-order valence-corrected chi connectivity index (χ3v) is 6.66. The lowest BCUT2D eigenvalue weighted by Crippen LogP contribution is -2.15. The summed E-state index contributed by atoms with van der Waals surface area (Å²) >= 11 is 1.26. The fourth-order valence-corrected chi connectivity index (χ4v) is 4.61. The van der Waals surface area contributed by atoms with Crippen molar-refractivity contribution in [1.29, 1.82) is 0 Å². The fourth-order valence-electron chi connectivity index (χ4n) is 2.79. The first kappa shape index (κ1) is 20.7. The van der Waals surface area contributed by atoms with Crippen molar-refractivity contribution in [3.05, 3.63) is 90.0 Å². The Morgan fingerprint density at radius 1 is 0.903 bits per heavy atom. The number of sulfonamides is 1. The van der Waals surface area contributed by atoms with Gasteiger partial charge in [0.15, 0.2) is 0 Å². The molecule has 9 heteroatoms. The van der Waals surface area contributed by atoms with Gasteiger partial charge in [-0.05, 0) is 37.3 Å². The Hall–Kier alpha value is -3.56. The van der Waals surface area contributed by atoms with E-state index in [0.717, 1.165) is 11.1 Å². The van der Waals surface area contributed by atoms with Crippen molar-refractivity contribution in [2.75, 3.05) is 10.0 Å². The summed E-state index contributed by atoms with van der Waals surface area (Å²) < 4.78 is 27.5. The number of aromatic nitrogens is 2. The molecule has 0 aliphatic heterocycles. The lowest BCUT2D eigenvalue weighted by Gasteiger charge is -2.09. The minimum Gasteiger partial charge on any atom is -0.296 e. The summed E-state index contributed by atoms with van der Waals surface area (Å²) in [7, 11) is -3.75. The van der Waals surface area contributed by atoms with E-state index in [1.54, 1.807) is 36.4 Å². The normalized spacial score (nSPS) is 11.1. The van der Waals surface area contributed by atoms with E-state index in [0.29, 0.717) is 15.7 Å². The number of hydrogen-bond donors (Lipinski definition) is 2. The predicted octanol–water partition coefficient (Wildman–Crippen LogP) is 4.57. The van der Waals surface area contributed by atoms with Gasteiger partial charge in [-0.25, -0.2) is 8.42 Å². The molecule has 156 valence electrons. The van der Waals surface area contributed by atoms with E-state index in [1.165, 1.54) is 29.5 Å². The molecule has 1 amide bonds. The van der Waals surface area contributed by atoms with Crippen LogP contribution in [-0.2, 0) is 10.0 Å². The van der Waals surface area contributed by atoms with Gasteiger partial charge in [-0.15, -0.1) is 10.2 Å². The fraction of sp³-hybridized carbons (Fsp3) is 0.0455. The Labute approximate surface area is 183 Å². The van der Waals surface area contributed by atoms with Gasteiger partial charge >= 0.3 is 0 Å². The van der Waals surface area contributed by atoms with Crippen LogP contribution in [0.5, 0.6) is 0 Å². The quantitative estimate of drug-likeness (QED) is 0.448. The summed E-state index contributed by atoms with van der Waals surface area (Å²) in [6.07, 6.45) is 0. The largest absolute Gasteiger partial charge is 0.296 e. The lowest BCUT2D eigenvalue weighted by atomic mass is 10.2. The van der Waals surface area contributed by atoms with Gasteiger partial charge in [0.25, 0.3) is 15.9 Å². The van der Waals surface area contributed by atoms with Crippen LogP contribution in [0, 0.1) is 6.92 Å². The van der Waals surface area contributed by atoms with Crippen molar-refractivity contribution >= 4 is 38.1 Å². The first-order valence-electron chi connectivity index (χ1n) is 9.30. The van der Waals surface area contributed by atoms with Gasteiger partial charge in [0.2, 0.25) is 5.13 Å². The van der Waals surface area contributed by atoms with E-state index in [9.17, 15) is 13.2 Å². The van der Waals surface area contributed by atoms with Crippen molar-refractivity contribution in [1.82, 2.24) is 10.2 Å². The van der Waals surface area contributed by atoms with E-state index >= 15 is 0 Å². The SMILES string of the molecule is Cc1ccc(-c2nnc(NC(=O)c3cccc(NS(=O)(=O)c4ccccc4)c3)s2)cc1. The highest BCUT2D eigenvalue weighted by molar-refractivity contribution is 7.92. The summed E-state index contributed by atoms with van der Waals surface area (Å²) in [6.45, 7) is 2.00. The van der Waals surface area contributed by atoms with Gasteiger partial charge in [0.1, 0.15) is 5.01 Å². The zero-order valence-corrected chi connectivity index (χ0v) is 18.1. The van der Waals surface area contributed by atoms with Crippen LogP contribution in [0.25, 0.3) is 10.6 Å². The number of nitrogens with one attached hydrogen (secondary N) is 2. The zero-order chi connectivity index (χ0) is 21.8. The van der Waals surface area contributed by atoms with Crippen molar-refractivity contribution in [3.8, 4) is 10.6 Å². The minimum absolute atomic E-state index is 0.141. The van der Waals surface area contributed by atoms with Gasteiger partial charge in [0, 0.05) is 16.8 Å². The Morgan fingerprint density at radius 2 is 1.65 bits per heavy atom. The number of aryl methyl sites for hydroxylation is 1. The maximum atomic E-state index is 12.6. The zero-order valence-electron chi connectivity index (χ0n) is 16.4. The number of hydrogen-bond acceptors (Lipinski definition) is 6.